The number of hydrogen-bond donors (Lipinski definition) is 2. The van der Waals surface area contributed by atoms with E-state index in [2.05, 4.69) is 10.0 Å². The average molecular weight is 414 g/mol. The molecule has 0 fully saturated rings. The van der Waals surface area contributed by atoms with E-state index < -0.39 is 34.0 Å². The van der Waals surface area contributed by atoms with E-state index in [0.29, 0.717) is 17.9 Å². The molecule has 0 unspecified atom stereocenters. The molecule has 0 radical (unpaired) electrons. The van der Waals surface area contributed by atoms with Gasteiger partial charge in [0.1, 0.15) is 6.04 Å². The average Bonchev–Trinajstić information content (AvgIpc) is 3.11. The van der Waals surface area contributed by atoms with Crippen LogP contribution in [0, 0.1) is 0 Å². The fourth-order valence-electron chi connectivity index (χ4n) is 2.42. The van der Waals surface area contributed by atoms with Crippen molar-refractivity contribution in [1.82, 2.24) is 10.0 Å². The van der Waals surface area contributed by atoms with E-state index in [9.17, 15) is 18.0 Å². The summed E-state index contributed by atoms with van der Waals surface area (Å²) in [5, 5.41) is 2.66. The highest BCUT2D eigenvalue weighted by atomic mass is 32.2. The molecular weight excluding hydrogens is 388 g/mol. The summed E-state index contributed by atoms with van der Waals surface area (Å²) < 4.78 is 41.5. The predicted molar refractivity (Wildman–Crippen MR) is 101 cm³/mol. The number of sulfonamides is 1. The number of fused-ring (bicyclic) bond motifs is 1. The topological polar surface area (TPSA) is 120 Å². The van der Waals surface area contributed by atoms with Crippen LogP contribution in [0.4, 0.5) is 0 Å². The lowest BCUT2D eigenvalue weighted by Gasteiger charge is -2.17. The van der Waals surface area contributed by atoms with Gasteiger partial charge in [-0.05, 0) is 38.0 Å². The Hall–Kier alpha value is -2.33. The molecule has 2 N–H and O–H groups in total. The minimum atomic E-state index is -3.57. The van der Waals surface area contributed by atoms with Gasteiger partial charge in [0.2, 0.25) is 16.8 Å². The molecule has 0 saturated carbocycles. The van der Waals surface area contributed by atoms with Gasteiger partial charge < -0.3 is 19.5 Å². The molecule has 2 rings (SSSR count). The third-order valence-electron chi connectivity index (χ3n) is 4.04. The second-order valence-corrected chi connectivity index (χ2v) is 8.37. The van der Waals surface area contributed by atoms with Crippen LogP contribution in [0.3, 0.4) is 0 Å². The third kappa shape index (κ3) is 6.38. The zero-order chi connectivity index (χ0) is 20.7. The lowest BCUT2D eigenvalue weighted by molar-refractivity contribution is -0.156. The largest absolute Gasteiger partial charge is 0.454 e. The number of esters is 1. The molecule has 1 aliphatic heterocycles. The molecule has 0 bridgehead atoms. The Balaban J connectivity index is 1.80. The van der Waals surface area contributed by atoms with Crippen molar-refractivity contribution in [3.05, 3.63) is 23.8 Å². The Morgan fingerprint density at radius 3 is 2.64 bits per heavy atom. The highest BCUT2D eigenvalue weighted by Gasteiger charge is 2.25. The Labute approximate surface area is 164 Å². The maximum Gasteiger partial charge on any atom is 0.324 e. The summed E-state index contributed by atoms with van der Waals surface area (Å²) in [4.78, 5) is 24.2. The number of benzene rings is 1. The van der Waals surface area contributed by atoms with Gasteiger partial charge in [0.15, 0.2) is 17.6 Å². The first kappa shape index (κ1) is 22.0. The molecule has 1 amide bonds. The number of amides is 1. The number of nitrogens with one attached hydrogen (secondary N) is 2. The molecule has 1 heterocycles. The molecule has 156 valence electrons. The van der Waals surface area contributed by atoms with E-state index in [4.69, 9.17) is 14.2 Å². The molecule has 28 heavy (non-hydrogen) atoms. The van der Waals surface area contributed by atoms with Gasteiger partial charge in [0.25, 0.3) is 5.91 Å². The van der Waals surface area contributed by atoms with Gasteiger partial charge in [0, 0.05) is 6.54 Å². The highest BCUT2D eigenvalue weighted by molar-refractivity contribution is 7.89. The predicted octanol–water partition coefficient (Wildman–Crippen LogP) is 1.07. The molecule has 0 aliphatic carbocycles. The molecule has 2 atom stereocenters. The summed E-state index contributed by atoms with van der Waals surface area (Å²) in [5.74, 6) is -0.117. The summed E-state index contributed by atoms with van der Waals surface area (Å²) in [6.45, 7) is 5.06. The molecule has 1 aliphatic rings. The van der Waals surface area contributed by atoms with Crippen LogP contribution in [-0.2, 0) is 30.9 Å². The Bertz CT molecular complexity index is 810. The quantitative estimate of drug-likeness (QED) is 0.550. The fourth-order valence-corrected chi connectivity index (χ4v) is 3.85. The van der Waals surface area contributed by atoms with E-state index in [-0.39, 0.29) is 19.1 Å². The van der Waals surface area contributed by atoms with E-state index >= 15 is 0 Å². The summed E-state index contributed by atoms with van der Waals surface area (Å²) in [6.07, 6.45) is 0.153. The van der Waals surface area contributed by atoms with Crippen molar-refractivity contribution in [1.29, 1.82) is 0 Å². The van der Waals surface area contributed by atoms with Gasteiger partial charge >= 0.3 is 5.97 Å². The van der Waals surface area contributed by atoms with Crippen LogP contribution in [0.1, 0.15) is 39.2 Å². The number of carbonyl (C=O) groups excluding carboxylic acids is 2. The van der Waals surface area contributed by atoms with Gasteiger partial charge in [0.05, 0.1) is 5.75 Å². The number of rotatable bonds is 10. The molecule has 9 nitrogen and oxygen atoms in total. The molecule has 1 aromatic rings. The van der Waals surface area contributed by atoms with Crippen molar-refractivity contribution in [2.45, 2.75) is 52.3 Å². The highest BCUT2D eigenvalue weighted by Crippen LogP contribution is 2.32. The van der Waals surface area contributed by atoms with Crippen molar-refractivity contribution in [3.8, 4) is 11.5 Å². The maximum absolute atomic E-state index is 12.2. The second-order valence-electron chi connectivity index (χ2n) is 6.50. The van der Waals surface area contributed by atoms with Crippen LogP contribution < -0.4 is 19.5 Å². The fraction of sp³-hybridized carbons (Fsp3) is 0.556. The number of carbonyl (C=O) groups is 2. The summed E-state index contributed by atoms with van der Waals surface area (Å²) in [5.41, 5.74) is 0.799. The van der Waals surface area contributed by atoms with E-state index in [1.54, 1.807) is 18.2 Å². The zero-order valence-corrected chi connectivity index (χ0v) is 17.0. The van der Waals surface area contributed by atoms with Crippen molar-refractivity contribution in [2.24, 2.45) is 0 Å². The molecule has 0 aromatic heterocycles. The minimum absolute atomic E-state index is 0.0628. The lowest BCUT2D eigenvalue weighted by atomic mass is 10.2. The molecule has 10 heteroatoms. The Morgan fingerprint density at radius 2 is 1.93 bits per heavy atom. The molecule has 1 aromatic carbocycles. The van der Waals surface area contributed by atoms with Crippen LogP contribution in [0.15, 0.2) is 18.2 Å². The normalized spacial score (nSPS) is 15.0. The summed E-state index contributed by atoms with van der Waals surface area (Å²) in [7, 11) is -3.57. The van der Waals surface area contributed by atoms with Gasteiger partial charge in [-0.1, -0.05) is 19.4 Å². The van der Waals surface area contributed by atoms with Gasteiger partial charge in [-0.15, -0.1) is 0 Å². The van der Waals surface area contributed by atoms with Gasteiger partial charge in [-0.3, -0.25) is 9.59 Å². The monoisotopic (exact) mass is 414 g/mol. The van der Waals surface area contributed by atoms with E-state index in [1.807, 2.05) is 6.92 Å². The number of ether oxygens (including phenoxy) is 3. The Morgan fingerprint density at radius 1 is 1.21 bits per heavy atom. The van der Waals surface area contributed by atoms with Crippen molar-refractivity contribution >= 4 is 21.9 Å². The second kappa shape index (κ2) is 9.74. The summed E-state index contributed by atoms with van der Waals surface area (Å²) >= 11 is 0. The first-order valence-electron chi connectivity index (χ1n) is 9.08. The van der Waals surface area contributed by atoms with E-state index in [1.165, 1.54) is 13.8 Å². The molecule has 0 spiro atoms. The van der Waals surface area contributed by atoms with E-state index in [0.717, 1.165) is 12.0 Å². The van der Waals surface area contributed by atoms with Crippen molar-refractivity contribution in [2.75, 3.05) is 12.5 Å². The smallest absolute Gasteiger partial charge is 0.324 e. The standard InChI is InChI=1S/C18H26N2O7S/c1-4-5-8-28(23,24)20-12(2)18(22)27-13(3)17(21)19-10-14-6-7-15-16(9-14)26-11-25-15/h6-7,9,12-13,20H,4-5,8,10-11H2,1-3H3,(H,19,21)/t12-,13+/m0/s1. The van der Waals surface area contributed by atoms with Crippen molar-refractivity contribution in [3.63, 3.8) is 0 Å². The van der Waals surface area contributed by atoms with Crippen LogP contribution in [0.25, 0.3) is 0 Å². The SMILES string of the molecule is CCCCS(=O)(=O)N[C@@H](C)C(=O)O[C@H](C)C(=O)NCc1ccc2c(c1)OCO2. The third-order valence-corrected chi connectivity index (χ3v) is 5.58. The minimum Gasteiger partial charge on any atom is -0.454 e. The first-order chi connectivity index (χ1) is 13.2. The zero-order valence-electron chi connectivity index (χ0n) is 16.2. The van der Waals surface area contributed by atoms with Crippen LogP contribution >= 0.6 is 0 Å². The van der Waals surface area contributed by atoms with Crippen LogP contribution in [0.5, 0.6) is 11.5 Å². The Kier molecular flexibility index (Phi) is 7.64. The molecule has 0 saturated heterocycles. The first-order valence-corrected chi connectivity index (χ1v) is 10.7. The van der Waals surface area contributed by atoms with Crippen molar-refractivity contribution < 1.29 is 32.2 Å². The molecular formula is C18H26N2O7S. The number of unbranched alkanes of at least 4 members (excludes halogenated alkanes) is 1. The van der Waals surface area contributed by atoms with Crippen LogP contribution in [-0.4, -0.2) is 45.0 Å². The number of hydrogen-bond acceptors (Lipinski definition) is 7. The summed E-state index contributed by atoms with van der Waals surface area (Å²) in [6, 6.07) is 4.22. The van der Waals surface area contributed by atoms with Gasteiger partial charge in [-0.25, -0.2) is 13.1 Å². The lowest BCUT2D eigenvalue weighted by Crippen LogP contribution is -2.44. The maximum atomic E-state index is 12.2. The van der Waals surface area contributed by atoms with Gasteiger partial charge in [-0.2, -0.15) is 0 Å². The van der Waals surface area contributed by atoms with Crippen LogP contribution in [0.2, 0.25) is 0 Å².